The minimum Gasteiger partial charge on any atom is -0.372 e. The number of aromatic nitrogens is 1. The minimum atomic E-state index is -0.601. The van der Waals surface area contributed by atoms with Gasteiger partial charge in [-0.25, -0.2) is 4.79 Å². The summed E-state index contributed by atoms with van der Waals surface area (Å²) >= 11 is 0. The third-order valence-corrected chi connectivity index (χ3v) is 4.49. The van der Waals surface area contributed by atoms with Crippen molar-refractivity contribution in [2.75, 3.05) is 13.1 Å². The summed E-state index contributed by atoms with van der Waals surface area (Å²) in [4.78, 5) is 40.8. The normalized spacial score (nSPS) is 21.1. The number of hydrogen-bond donors (Lipinski definition) is 2. The topological polar surface area (TPSA) is 101 Å². The van der Waals surface area contributed by atoms with E-state index in [1.54, 1.807) is 11.1 Å². The highest BCUT2D eigenvalue weighted by Gasteiger charge is 2.30. The maximum Gasteiger partial charge on any atom is 0.322 e. The number of likely N-dealkylation sites (tertiary alicyclic amines) is 1. The molecule has 3 heterocycles. The Morgan fingerprint density at radius 2 is 2.08 bits per heavy atom. The van der Waals surface area contributed by atoms with Crippen molar-refractivity contribution in [3.8, 4) is 0 Å². The van der Waals surface area contributed by atoms with Crippen molar-refractivity contribution >= 4 is 17.8 Å². The van der Waals surface area contributed by atoms with Crippen molar-refractivity contribution in [3.05, 3.63) is 30.1 Å². The summed E-state index contributed by atoms with van der Waals surface area (Å²) in [5.74, 6) is -0.350. The molecule has 2 saturated heterocycles. The number of urea groups is 1. The molecule has 8 nitrogen and oxygen atoms in total. The number of hydrogen-bond acceptors (Lipinski definition) is 5. The maximum atomic E-state index is 12.3. The molecule has 2 aliphatic heterocycles. The molecule has 2 fully saturated rings. The van der Waals surface area contributed by atoms with Crippen LogP contribution in [0.4, 0.5) is 4.79 Å². The molecule has 0 aromatic carbocycles. The molecule has 134 valence electrons. The molecule has 0 bridgehead atoms. The molecule has 0 unspecified atom stereocenters. The van der Waals surface area contributed by atoms with Crippen molar-refractivity contribution in [1.82, 2.24) is 20.5 Å². The van der Waals surface area contributed by atoms with E-state index in [2.05, 4.69) is 15.6 Å². The third-order valence-electron chi connectivity index (χ3n) is 4.49. The zero-order valence-electron chi connectivity index (χ0n) is 13.9. The van der Waals surface area contributed by atoms with Crippen LogP contribution in [-0.2, 0) is 20.9 Å². The number of ether oxygens (including phenoxy) is 1. The molecule has 2 aliphatic rings. The van der Waals surface area contributed by atoms with Crippen molar-refractivity contribution < 1.29 is 19.1 Å². The molecule has 2 N–H and O–H groups in total. The van der Waals surface area contributed by atoms with Crippen LogP contribution in [0.15, 0.2) is 24.4 Å². The quantitative estimate of drug-likeness (QED) is 0.734. The van der Waals surface area contributed by atoms with Crippen molar-refractivity contribution in [2.45, 2.75) is 44.4 Å². The van der Waals surface area contributed by atoms with Gasteiger partial charge in [-0.15, -0.1) is 0 Å². The zero-order valence-corrected chi connectivity index (χ0v) is 13.9. The van der Waals surface area contributed by atoms with E-state index in [-0.39, 0.29) is 24.3 Å². The SMILES string of the molecule is O=C1NC(=O)[C@H](CCC(=O)N2CCC(OCc3ccccn3)CC2)N1. The predicted molar refractivity (Wildman–Crippen MR) is 88.3 cm³/mol. The molecule has 0 spiro atoms. The van der Waals surface area contributed by atoms with Gasteiger partial charge < -0.3 is 15.0 Å². The molecule has 1 aromatic rings. The van der Waals surface area contributed by atoms with Crippen LogP contribution in [0, 0.1) is 0 Å². The molecule has 8 heteroatoms. The van der Waals surface area contributed by atoms with E-state index >= 15 is 0 Å². The smallest absolute Gasteiger partial charge is 0.322 e. The average Bonchev–Trinajstić information content (AvgIpc) is 2.96. The van der Waals surface area contributed by atoms with Crippen LogP contribution in [0.1, 0.15) is 31.4 Å². The molecular weight excluding hydrogens is 324 g/mol. The van der Waals surface area contributed by atoms with Gasteiger partial charge >= 0.3 is 6.03 Å². The summed E-state index contributed by atoms with van der Waals surface area (Å²) in [6.45, 7) is 1.78. The minimum absolute atomic E-state index is 0.0112. The number of rotatable bonds is 6. The number of imide groups is 1. The Morgan fingerprint density at radius 1 is 1.28 bits per heavy atom. The number of amides is 4. The molecular formula is C17H22N4O4. The van der Waals surface area contributed by atoms with Crippen LogP contribution in [0.5, 0.6) is 0 Å². The van der Waals surface area contributed by atoms with Crippen LogP contribution >= 0.6 is 0 Å². The highest BCUT2D eigenvalue weighted by atomic mass is 16.5. The van der Waals surface area contributed by atoms with Crippen LogP contribution < -0.4 is 10.6 Å². The fraction of sp³-hybridized carbons (Fsp3) is 0.529. The summed E-state index contributed by atoms with van der Waals surface area (Å²) in [6, 6.07) is 4.63. The first-order chi connectivity index (χ1) is 12.1. The Kier molecular flexibility index (Phi) is 5.60. The van der Waals surface area contributed by atoms with E-state index in [9.17, 15) is 14.4 Å². The maximum absolute atomic E-state index is 12.3. The lowest BCUT2D eigenvalue weighted by atomic mass is 10.1. The second-order valence-electron chi connectivity index (χ2n) is 6.27. The first-order valence-corrected chi connectivity index (χ1v) is 8.52. The van der Waals surface area contributed by atoms with Gasteiger partial charge in [-0.1, -0.05) is 6.07 Å². The van der Waals surface area contributed by atoms with Gasteiger partial charge in [-0.3, -0.25) is 19.9 Å². The molecule has 3 rings (SSSR count). The lowest BCUT2D eigenvalue weighted by molar-refractivity contribution is -0.134. The second kappa shape index (κ2) is 8.06. The molecule has 0 radical (unpaired) electrons. The van der Waals surface area contributed by atoms with E-state index < -0.39 is 12.1 Å². The molecule has 25 heavy (non-hydrogen) atoms. The van der Waals surface area contributed by atoms with E-state index in [0.717, 1.165) is 18.5 Å². The van der Waals surface area contributed by atoms with E-state index in [1.807, 2.05) is 18.2 Å². The third kappa shape index (κ3) is 4.76. The molecule has 0 aliphatic carbocycles. The molecule has 4 amide bonds. The Balaban J connectivity index is 1.36. The second-order valence-corrected chi connectivity index (χ2v) is 6.27. The largest absolute Gasteiger partial charge is 0.372 e. The summed E-state index contributed by atoms with van der Waals surface area (Å²) in [6.07, 6.45) is 4.03. The molecule has 1 aromatic heterocycles. The van der Waals surface area contributed by atoms with Gasteiger partial charge in [0, 0.05) is 25.7 Å². The van der Waals surface area contributed by atoms with E-state index in [1.165, 1.54) is 0 Å². The van der Waals surface area contributed by atoms with Gasteiger partial charge in [0.05, 0.1) is 18.4 Å². The number of nitrogens with zero attached hydrogens (tertiary/aromatic N) is 2. The Labute approximate surface area is 145 Å². The van der Waals surface area contributed by atoms with Crippen LogP contribution in [0.2, 0.25) is 0 Å². The molecule has 0 saturated carbocycles. The summed E-state index contributed by atoms with van der Waals surface area (Å²) < 4.78 is 5.86. The van der Waals surface area contributed by atoms with Gasteiger partial charge in [-0.2, -0.15) is 0 Å². The summed E-state index contributed by atoms with van der Waals surface area (Å²) in [7, 11) is 0. The highest BCUT2D eigenvalue weighted by Crippen LogP contribution is 2.17. The van der Waals surface area contributed by atoms with Gasteiger partial charge in [0.15, 0.2) is 0 Å². The van der Waals surface area contributed by atoms with Crippen molar-refractivity contribution in [1.29, 1.82) is 0 Å². The fourth-order valence-electron chi connectivity index (χ4n) is 3.05. The summed E-state index contributed by atoms with van der Waals surface area (Å²) in [5, 5.41) is 4.67. The fourth-order valence-corrected chi connectivity index (χ4v) is 3.05. The lowest BCUT2D eigenvalue weighted by Crippen LogP contribution is -2.41. The first kappa shape index (κ1) is 17.3. The van der Waals surface area contributed by atoms with Crippen molar-refractivity contribution in [3.63, 3.8) is 0 Å². The highest BCUT2D eigenvalue weighted by molar-refractivity contribution is 6.04. The van der Waals surface area contributed by atoms with Crippen LogP contribution in [0.3, 0.4) is 0 Å². The zero-order chi connectivity index (χ0) is 17.6. The standard InChI is InChI=1S/C17H22N4O4/c22-15(5-4-14-16(23)20-17(24)19-14)21-9-6-13(7-10-21)25-11-12-3-1-2-8-18-12/h1-3,8,13-14H,4-7,9-11H2,(H2,19,20,23,24)/t14-/m0/s1. The predicted octanol–water partition coefficient (Wildman–Crippen LogP) is 0.577. The number of piperidine rings is 1. The number of pyridine rings is 1. The van der Waals surface area contributed by atoms with E-state index in [0.29, 0.717) is 26.1 Å². The lowest BCUT2D eigenvalue weighted by Gasteiger charge is -2.32. The van der Waals surface area contributed by atoms with Crippen molar-refractivity contribution in [2.24, 2.45) is 0 Å². The van der Waals surface area contributed by atoms with Gasteiger partial charge in [0.2, 0.25) is 5.91 Å². The number of nitrogens with one attached hydrogen (secondary N) is 2. The van der Waals surface area contributed by atoms with Crippen LogP contribution in [-0.4, -0.2) is 53.0 Å². The van der Waals surface area contributed by atoms with Gasteiger partial charge in [0.1, 0.15) is 6.04 Å². The monoisotopic (exact) mass is 346 g/mol. The van der Waals surface area contributed by atoms with Crippen LogP contribution in [0.25, 0.3) is 0 Å². The molecule has 1 atom stereocenters. The Hall–Kier alpha value is -2.48. The average molecular weight is 346 g/mol. The number of carbonyl (C=O) groups is 3. The Bertz CT molecular complexity index is 629. The van der Waals surface area contributed by atoms with Gasteiger partial charge in [-0.05, 0) is 31.4 Å². The van der Waals surface area contributed by atoms with E-state index in [4.69, 9.17) is 4.74 Å². The first-order valence-electron chi connectivity index (χ1n) is 8.52. The Morgan fingerprint density at radius 3 is 2.72 bits per heavy atom. The van der Waals surface area contributed by atoms with Gasteiger partial charge in [0.25, 0.3) is 5.91 Å². The number of carbonyl (C=O) groups excluding carboxylic acids is 3. The summed E-state index contributed by atoms with van der Waals surface area (Å²) in [5.41, 5.74) is 0.901.